The van der Waals surface area contributed by atoms with E-state index in [9.17, 15) is 9.90 Å². The zero-order valence-electron chi connectivity index (χ0n) is 10.0. The third-order valence-corrected chi connectivity index (χ3v) is 3.05. The van der Waals surface area contributed by atoms with Gasteiger partial charge in [0, 0.05) is 6.42 Å². The number of aliphatic carboxylic acids is 1. The van der Waals surface area contributed by atoms with Gasteiger partial charge in [0.1, 0.15) is 0 Å². The summed E-state index contributed by atoms with van der Waals surface area (Å²) < 4.78 is 0. The monoisotopic (exact) mass is 244 g/mol. The lowest BCUT2D eigenvalue weighted by Crippen LogP contribution is -2.01. The van der Waals surface area contributed by atoms with Gasteiger partial charge in [-0.15, -0.1) is 0 Å². The van der Waals surface area contributed by atoms with Crippen molar-refractivity contribution in [1.29, 1.82) is 0 Å². The van der Waals surface area contributed by atoms with Crippen LogP contribution in [0, 0.1) is 0 Å². The molecule has 1 atom stereocenters. The summed E-state index contributed by atoms with van der Waals surface area (Å²) in [5.41, 5.74) is 0.874. The summed E-state index contributed by atoms with van der Waals surface area (Å²) in [6, 6.07) is 13.7. The molecule has 0 saturated heterocycles. The number of carboxylic acids is 1. The maximum absolute atomic E-state index is 10.4. The first kappa shape index (κ1) is 12.6. The Kier molecular flexibility index (Phi) is 3.95. The number of aliphatic hydroxyl groups is 1. The van der Waals surface area contributed by atoms with E-state index in [-0.39, 0.29) is 6.42 Å². The second-order valence-electron chi connectivity index (χ2n) is 4.37. The summed E-state index contributed by atoms with van der Waals surface area (Å²) in [5.74, 6) is -0.819. The smallest absolute Gasteiger partial charge is 0.303 e. The van der Waals surface area contributed by atoms with Crippen LogP contribution in [0.5, 0.6) is 0 Å². The number of fused-ring (bicyclic) bond motifs is 1. The average Bonchev–Trinajstić information content (AvgIpc) is 2.37. The van der Waals surface area contributed by atoms with Crippen LogP contribution < -0.4 is 0 Å². The lowest BCUT2D eigenvalue weighted by Gasteiger charge is -2.13. The van der Waals surface area contributed by atoms with Crippen LogP contribution in [-0.2, 0) is 4.79 Å². The molecule has 0 spiro atoms. The van der Waals surface area contributed by atoms with Gasteiger partial charge in [0.2, 0.25) is 0 Å². The number of rotatable bonds is 5. The van der Waals surface area contributed by atoms with Crippen molar-refractivity contribution in [3.8, 4) is 0 Å². The van der Waals surface area contributed by atoms with Gasteiger partial charge in [-0.05, 0) is 29.2 Å². The first-order valence-corrected chi connectivity index (χ1v) is 6.06. The highest BCUT2D eigenvalue weighted by Gasteiger charge is 2.11. The standard InChI is InChI=1S/C15H16O3/c16-14(9-4-10-15(17)18)13-8-3-6-11-5-1-2-7-12(11)13/h1-3,5-8,14,16H,4,9-10H2,(H,17,18). The Hall–Kier alpha value is -1.87. The minimum Gasteiger partial charge on any atom is -0.481 e. The molecule has 1 unspecified atom stereocenters. The number of carbonyl (C=O) groups is 1. The fourth-order valence-corrected chi connectivity index (χ4v) is 2.14. The van der Waals surface area contributed by atoms with Crippen LogP contribution in [0.3, 0.4) is 0 Å². The van der Waals surface area contributed by atoms with Crippen LogP contribution in [0.2, 0.25) is 0 Å². The van der Waals surface area contributed by atoms with E-state index >= 15 is 0 Å². The highest BCUT2D eigenvalue weighted by atomic mass is 16.4. The number of hydrogen-bond donors (Lipinski definition) is 2. The van der Waals surface area contributed by atoms with Gasteiger partial charge in [0.25, 0.3) is 0 Å². The molecular weight excluding hydrogens is 228 g/mol. The molecule has 2 rings (SSSR count). The summed E-state index contributed by atoms with van der Waals surface area (Å²) in [6.07, 6.45) is 0.456. The molecule has 2 aromatic rings. The molecule has 0 fully saturated rings. The van der Waals surface area contributed by atoms with Crippen LogP contribution in [-0.4, -0.2) is 16.2 Å². The molecule has 0 bridgehead atoms. The lowest BCUT2D eigenvalue weighted by atomic mass is 9.97. The molecule has 18 heavy (non-hydrogen) atoms. The minimum atomic E-state index is -0.819. The van der Waals surface area contributed by atoms with Gasteiger partial charge < -0.3 is 10.2 Å². The Morgan fingerprint density at radius 2 is 1.83 bits per heavy atom. The molecule has 0 radical (unpaired) electrons. The minimum absolute atomic E-state index is 0.0990. The molecule has 3 heteroatoms. The molecule has 94 valence electrons. The fraction of sp³-hybridized carbons (Fsp3) is 0.267. The van der Waals surface area contributed by atoms with Crippen molar-refractivity contribution in [1.82, 2.24) is 0 Å². The number of benzene rings is 2. The molecule has 0 amide bonds. The lowest BCUT2D eigenvalue weighted by molar-refractivity contribution is -0.137. The normalized spacial score (nSPS) is 12.5. The molecule has 3 nitrogen and oxygen atoms in total. The molecule has 2 aromatic carbocycles. The summed E-state index contributed by atoms with van der Waals surface area (Å²) in [5, 5.41) is 20.8. The molecular formula is C15H16O3. The maximum Gasteiger partial charge on any atom is 0.303 e. The van der Waals surface area contributed by atoms with E-state index in [2.05, 4.69) is 0 Å². The van der Waals surface area contributed by atoms with Crippen molar-refractivity contribution >= 4 is 16.7 Å². The van der Waals surface area contributed by atoms with Gasteiger partial charge in [-0.1, -0.05) is 42.5 Å². The highest BCUT2D eigenvalue weighted by molar-refractivity contribution is 5.85. The first-order valence-electron chi connectivity index (χ1n) is 6.06. The molecule has 0 aromatic heterocycles. The van der Waals surface area contributed by atoms with Crippen molar-refractivity contribution in [3.63, 3.8) is 0 Å². The van der Waals surface area contributed by atoms with Gasteiger partial charge in [0.15, 0.2) is 0 Å². The van der Waals surface area contributed by atoms with Crippen LogP contribution in [0.15, 0.2) is 42.5 Å². The van der Waals surface area contributed by atoms with Crippen molar-refractivity contribution in [2.45, 2.75) is 25.4 Å². The number of aliphatic hydroxyl groups excluding tert-OH is 1. The molecule has 2 N–H and O–H groups in total. The molecule has 0 aliphatic carbocycles. The average molecular weight is 244 g/mol. The van der Waals surface area contributed by atoms with E-state index < -0.39 is 12.1 Å². The number of hydrogen-bond acceptors (Lipinski definition) is 2. The Morgan fingerprint density at radius 3 is 2.61 bits per heavy atom. The van der Waals surface area contributed by atoms with Gasteiger partial charge in [0.05, 0.1) is 6.10 Å². The zero-order chi connectivity index (χ0) is 13.0. The van der Waals surface area contributed by atoms with E-state index in [1.54, 1.807) is 0 Å². The molecule has 0 saturated carbocycles. The SMILES string of the molecule is O=C(O)CCCC(O)c1cccc2ccccc12. The van der Waals surface area contributed by atoms with E-state index in [4.69, 9.17) is 5.11 Å². The molecule has 0 heterocycles. The van der Waals surface area contributed by atoms with Crippen LogP contribution >= 0.6 is 0 Å². The van der Waals surface area contributed by atoms with Crippen LogP contribution in [0.1, 0.15) is 30.9 Å². The Labute approximate surface area is 106 Å². The Morgan fingerprint density at radius 1 is 1.11 bits per heavy atom. The van der Waals surface area contributed by atoms with E-state index in [0.29, 0.717) is 12.8 Å². The van der Waals surface area contributed by atoms with E-state index in [1.165, 1.54) is 0 Å². The topological polar surface area (TPSA) is 57.5 Å². The summed E-state index contributed by atoms with van der Waals surface area (Å²) >= 11 is 0. The fourth-order valence-electron chi connectivity index (χ4n) is 2.14. The van der Waals surface area contributed by atoms with Gasteiger partial charge in [-0.3, -0.25) is 4.79 Å². The highest BCUT2D eigenvalue weighted by Crippen LogP contribution is 2.27. The van der Waals surface area contributed by atoms with Crippen LogP contribution in [0.25, 0.3) is 10.8 Å². The van der Waals surface area contributed by atoms with Crippen LogP contribution in [0.4, 0.5) is 0 Å². The largest absolute Gasteiger partial charge is 0.481 e. The third kappa shape index (κ3) is 2.87. The van der Waals surface area contributed by atoms with Crippen molar-refractivity contribution in [3.05, 3.63) is 48.0 Å². The Balaban J connectivity index is 2.17. The summed E-state index contributed by atoms with van der Waals surface area (Å²) in [7, 11) is 0. The second-order valence-corrected chi connectivity index (χ2v) is 4.37. The van der Waals surface area contributed by atoms with Crippen molar-refractivity contribution in [2.24, 2.45) is 0 Å². The van der Waals surface area contributed by atoms with E-state index in [0.717, 1.165) is 16.3 Å². The third-order valence-electron chi connectivity index (χ3n) is 3.05. The second kappa shape index (κ2) is 5.65. The first-order chi connectivity index (χ1) is 8.68. The molecule has 0 aliphatic heterocycles. The summed E-state index contributed by atoms with van der Waals surface area (Å²) in [4.78, 5) is 10.4. The van der Waals surface area contributed by atoms with Gasteiger partial charge >= 0.3 is 5.97 Å². The Bertz CT molecular complexity index is 543. The molecule has 0 aliphatic rings. The summed E-state index contributed by atoms with van der Waals surface area (Å²) in [6.45, 7) is 0. The van der Waals surface area contributed by atoms with Gasteiger partial charge in [-0.25, -0.2) is 0 Å². The predicted molar refractivity (Wildman–Crippen MR) is 70.4 cm³/mol. The zero-order valence-corrected chi connectivity index (χ0v) is 10.0. The quantitative estimate of drug-likeness (QED) is 0.849. The van der Waals surface area contributed by atoms with Crippen molar-refractivity contribution < 1.29 is 15.0 Å². The number of carboxylic acid groups (broad SMARTS) is 1. The maximum atomic E-state index is 10.4. The van der Waals surface area contributed by atoms with Gasteiger partial charge in [-0.2, -0.15) is 0 Å². The predicted octanol–water partition coefficient (Wildman–Crippen LogP) is 3.13. The van der Waals surface area contributed by atoms with Crippen molar-refractivity contribution in [2.75, 3.05) is 0 Å². The van der Waals surface area contributed by atoms with E-state index in [1.807, 2.05) is 42.5 Å².